The summed E-state index contributed by atoms with van der Waals surface area (Å²) in [4.78, 5) is 29.7. The zero-order valence-corrected chi connectivity index (χ0v) is 24.9. The number of methoxy groups -OCH3 is 3. The highest BCUT2D eigenvalue weighted by Gasteiger charge is 2.31. The Labute approximate surface area is 256 Å². The number of anilines is 2. The normalized spacial score (nSPS) is 14.1. The molecule has 3 N–H and O–H groups in total. The number of ether oxygens (including phenoxy) is 3. The summed E-state index contributed by atoms with van der Waals surface area (Å²) in [5.41, 5.74) is 1.13. The van der Waals surface area contributed by atoms with Gasteiger partial charge in [0, 0.05) is 32.6 Å². The number of carbonyl (C=O) groups is 2. The first-order valence-electron chi connectivity index (χ1n) is 13.8. The number of carboxylic acid groups (broad SMARTS) is 1. The van der Waals surface area contributed by atoms with Crippen LogP contribution in [0.5, 0.6) is 17.2 Å². The highest BCUT2D eigenvalue weighted by molar-refractivity contribution is 6.05. The molecule has 0 saturated carbocycles. The number of carbonyl (C=O) groups excluding carboxylic acids is 1. The van der Waals surface area contributed by atoms with Crippen LogP contribution in [0.1, 0.15) is 36.2 Å². The van der Waals surface area contributed by atoms with E-state index in [-0.39, 0.29) is 36.2 Å². The van der Waals surface area contributed by atoms with Crippen LogP contribution in [0.25, 0.3) is 10.9 Å². The average Bonchev–Trinajstić information content (AvgIpc) is 3.67. The molecule has 2 aromatic heterocycles. The topological polar surface area (TPSA) is 140 Å². The van der Waals surface area contributed by atoms with Crippen molar-refractivity contribution in [2.45, 2.75) is 25.9 Å². The number of likely N-dealkylation sites (tertiary alicyclic amines) is 1. The Morgan fingerprint density at radius 2 is 1.76 bits per heavy atom. The standard InChI is InChI=1S/C31H30F2N6O6/c1-17(40)36-23-15-35-30(34-14-18-5-7-20(43-2)8-6-18)26-22(37-39(29(23)26)19-11-12-38(16-19)31(41)42)10-9-21-27(32)24(44-3)13-25(45-4)28(21)33/h5-8,13,15,19H,11-12,14,16H2,1-4H3,(H,34,35)(H,36,40)(H,41,42)/t19-/m0/s1. The fourth-order valence-electron chi connectivity index (χ4n) is 5.10. The summed E-state index contributed by atoms with van der Waals surface area (Å²) < 4.78 is 47.3. The summed E-state index contributed by atoms with van der Waals surface area (Å²) in [7, 11) is 4.05. The number of rotatable bonds is 8. The maximum absolute atomic E-state index is 15.2. The third kappa shape index (κ3) is 6.23. The second-order valence-electron chi connectivity index (χ2n) is 10.1. The van der Waals surface area contributed by atoms with Gasteiger partial charge in [-0.15, -0.1) is 0 Å². The molecule has 2 aromatic carbocycles. The first-order valence-corrected chi connectivity index (χ1v) is 13.8. The molecule has 1 saturated heterocycles. The van der Waals surface area contributed by atoms with Crippen molar-refractivity contribution >= 4 is 34.4 Å². The molecule has 5 rings (SSSR count). The van der Waals surface area contributed by atoms with Gasteiger partial charge in [-0.05, 0) is 30.0 Å². The lowest BCUT2D eigenvalue weighted by Crippen LogP contribution is -2.27. The van der Waals surface area contributed by atoms with Gasteiger partial charge >= 0.3 is 6.09 Å². The number of fused-ring (bicyclic) bond motifs is 1. The van der Waals surface area contributed by atoms with E-state index in [1.54, 1.807) is 11.8 Å². The fraction of sp³-hybridized carbons (Fsp3) is 0.290. The van der Waals surface area contributed by atoms with Crippen molar-refractivity contribution in [3.05, 3.63) is 65.0 Å². The van der Waals surface area contributed by atoms with Crippen LogP contribution >= 0.6 is 0 Å². The molecule has 0 aliphatic carbocycles. The predicted molar refractivity (Wildman–Crippen MR) is 161 cm³/mol. The quantitative estimate of drug-likeness (QED) is 0.241. The molecule has 3 heterocycles. The van der Waals surface area contributed by atoms with E-state index in [0.29, 0.717) is 41.1 Å². The zero-order valence-electron chi connectivity index (χ0n) is 24.9. The molecule has 1 fully saturated rings. The third-order valence-electron chi connectivity index (χ3n) is 7.31. The first kappa shape index (κ1) is 30.9. The molecule has 0 radical (unpaired) electrons. The van der Waals surface area contributed by atoms with E-state index in [9.17, 15) is 14.7 Å². The Hall–Kier alpha value is -5.58. The van der Waals surface area contributed by atoms with Crippen LogP contribution in [0.4, 0.5) is 25.1 Å². The molecule has 1 aliphatic rings. The molecule has 4 aromatic rings. The summed E-state index contributed by atoms with van der Waals surface area (Å²) in [6, 6.07) is 8.04. The molecule has 0 bridgehead atoms. The van der Waals surface area contributed by atoms with Crippen molar-refractivity contribution in [2.75, 3.05) is 45.1 Å². The predicted octanol–water partition coefficient (Wildman–Crippen LogP) is 4.63. The molecule has 14 heteroatoms. The molecular weight excluding hydrogens is 590 g/mol. The van der Waals surface area contributed by atoms with Crippen molar-refractivity contribution < 1.29 is 37.7 Å². The van der Waals surface area contributed by atoms with Gasteiger partial charge in [-0.3, -0.25) is 9.48 Å². The number of halogens is 2. The number of amides is 2. The van der Waals surface area contributed by atoms with E-state index >= 15 is 8.78 Å². The smallest absolute Gasteiger partial charge is 0.407 e. The Morgan fingerprint density at radius 1 is 1.07 bits per heavy atom. The fourth-order valence-corrected chi connectivity index (χ4v) is 5.10. The van der Waals surface area contributed by atoms with Crippen molar-refractivity contribution in [1.82, 2.24) is 19.7 Å². The number of nitrogens with zero attached hydrogens (tertiary/aromatic N) is 4. The van der Waals surface area contributed by atoms with Crippen molar-refractivity contribution in [3.63, 3.8) is 0 Å². The Bertz CT molecular complexity index is 1800. The Morgan fingerprint density at radius 3 is 2.33 bits per heavy atom. The van der Waals surface area contributed by atoms with Gasteiger partial charge in [-0.2, -0.15) is 5.10 Å². The average molecular weight is 621 g/mol. The van der Waals surface area contributed by atoms with E-state index in [4.69, 9.17) is 19.3 Å². The molecule has 234 valence electrons. The lowest BCUT2D eigenvalue weighted by Gasteiger charge is -2.16. The zero-order chi connectivity index (χ0) is 32.2. The number of aromatic nitrogens is 3. The summed E-state index contributed by atoms with van der Waals surface area (Å²) in [6.07, 6.45) is 0.825. The Kier molecular flexibility index (Phi) is 8.89. The molecule has 12 nitrogen and oxygen atoms in total. The minimum Gasteiger partial charge on any atom is -0.497 e. The van der Waals surface area contributed by atoms with Gasteiger partial charge in [-0.1, -0.05) is 18.1 Å². The van der Waals surface area contributed by atoms with Crippen LogP contribution in [0.3, 0.4) is 0 Å². The summed E-state index contributed by atoms with van der Waals surface area (Å²) >= 11 is 0. The molecule has 2 amide bonds. The van der Waals surface area contributed by atoms with E-state index < -0.39 is 29.3 Å². The van der Waals surface area contributed by atoms with E-state index in [1.807, 2.05) is 24.3 Å². The number of benzene rings is 2. The maximum atomic E-state index is 15.2. The van der Waals surface area contributed by atoms with Gasteiger partial charge in [0.25, 0.3) is 0 Å². The van der Waals surface area contributed by atoms with Crippen LogP contribution < -0.4 is 24.8 Å². The third-order valence-corrected chi connectivity index (χ3v) is 7.31. The van der Waals surface area contributed by atoms with E-state index in [1.165, 1.54) is 32.2 Å². The first-order chi connectivity index (χ1) is 21.6. The van der Waals surface area contributed by atoms with Crippen molar-refractivity contribution in [2.24, 2.45) is 0 Å². The lowest BCUT2D eigenvalue weighted by atomic mass is 10.1. The summed E-state index contributed by atoms with van der Waals surface area (Å²) in [5, 5.41) is 20.7. The molecular formula is C31H30F2N6O6. The number of hydrogen-bond acceptors (Lipinski definition) is 8. The van der Waals surface area contributed by atoms with Crippen LogP contribution in [0.2, 0.25) is 0 Å². The van der Waals surface area contributed by atoms with Gasteiger partial charge in [0.2, 0.25) is 5.91 Å². The van der Waals surface area contributed by atoms with E-state index in [2.05, 4.69) is 27.5 Å². The highest BCUT2D eigenvalue weighted by atomic mass is 19.1. The summed E-state index contributed by atoms with van der Waals surface area (Å²) in [6.45, 7) is 2.07. The van der Waals surface area contributed by atoms with Gasteiger partial charge in [0.15, 0.2) is 23.1 Å². The van der Waals surface area contributed by atoms with Gasteiger partial charge in [-0.25, -0.2) is 18.6 Å². The van der Waals surface area contributed by atoms with Crippen molar-refractivity contribution in [1.29, 1.82) is 0 Å². The molecule has 0 unspecified atom stereocenters. The van der Waals surface area contributed by atoms with Gasteiger partial charge in [0.05, 0.1) is 50.2 Å². The number of hydrogen-bond donors (Lipinski definition) is 3. The van der Waals surface area contributed by atoms with Gasteiger partial charge in [0.1, 0.15) is 22.8 Å². The maximum Gasteiger partial charge on any atom is 0.407 e. The van der Waals surface area contributed by atoms with E-state index in [0.717, 1.165) is 11.6 Å². The monoisotopic (exact) mass is 620 g/mol. The molecule has 1 aliphatic heterocycles. The van der Waals surface area contributed by atoms with Gasteiger partial charge < -0.3 is 34.9 Å². The Balaban J connectivity index is 1.70. The van der Waals surface area contributed by atoms with Crippen LogP contribution in [-0.4, -0.2) is 71.2 Å². The largest absolute Gasteiger partial charge is 0.497 e. The molecule has 1 atom stereocenters. The summed E-state index contributed by atoms with van der Waals surface area (Å²) in [5.74, 6) is 3.43. The lowest BCUT2D eigenvalue weighted by molar-refractivity contribution is -0.114. The SMILES string of the molecule is COc1ccc(CNc2ncc(NC(C)=O)c3c2c(C#Cc2c(F)c(OC)cc(OC)c2F)nn3[C@H]2CCN(C(=O)O)C2)cc1. The minimum absolute atomic E-state index is 0.0938. The number of nitrogens with one attached hydrogen (secondary N) is 2. The second-order valence-corrected chi connectivity index (χ2v) is 10.1. The van der Waals surface area contributed by atoms with Crippen LogP contribution in [-0.2, 0) is 11.3 Å². The van der Waals surface area contributed by atoms with Crippen LogP contribution in [0.15, 0.2) is 36.5 Å². The molecule has 0 spiro atoms. The van der Waals surface area contributed by atoms with Crippen LogP contribution in [0, 0.1) is 23.5 Å². The second kappa shape index (κ2) is 13.0. The highest BCUT2D eigenvalue weighted by Crippen LogP contribution is 2.36. The minimum atomic E-state index is -1.07. The number of pyridine rings is 1. The van der Waals surface area contributed by atoms with Crippen molar-refractivity contribution in [3.8, 4) is 29.1 Å². The molecule has 45 heavy (non-hydrogen) atoms.